The second-order valence-corrected chi connectivity index (χ2v) is 2.79. The third-order valence-electron chi connectivity index (χ3n) is 0.916. The molecule has 0 bridgehead atoms. The van der Waals surface area contributed by atoms with Crippen molar-refractivity contribution in [2.24, 2.45) is 5.18 Å². The van der Waals surface area contributed by atoms with Crippen molar-refractivity contribution in [1.82, 2.24) is 0 Å². The summed E-state index contributed by atoms with van der Waals surface area (Å²) in [5.74, 6) is 0.899. The zero-order valence-electron chi connectivity index (χ0n) is 4.37. The van der Waals surface area contributed by atoms with Gasteiger partial charge in [0.1, 0.15) is 0 Å². The number of nitroso groups, excluding NO2 is 1. The third-order valence-corrected chi connectivity index (χ3v) is 1.93. The van der Waals surface area contributed by atoms with Crippen LogP contribution in [0.4, 0.5) is 0 Å². The molecule has 0 saturated carbocycles. The van der Waals surface area contributed by atoms with Crippen molar-refractivity contribution in [3.05, 3.63) is 4.91 Å². The Bertz CT molecular complexity index is 82.1. The molecule has 46 valence electrons. The second kappa shape index (κ2) is 3.04. The van der Waals surface area contributed by atoms with Crippen LogP contribution in [0.1, 0.15) is 0 Å². The minimum Gasteiger partial charge on any atom is -0.377 e. The minimum absolute atomic E-state index is 0.149. The largest absolute Gasteiger partial charge is 0.377 e. The van der Waals surface area contributed by atoms with Crippen molar-refractivity contribution < 1.29 is 4.74 Å². The molecule has 1 atom stereocenters. The molecule has 1 fully saturated rings. The first-order valence-electron chi connectivity index (χ1n) is 2.45. The molecule has 0 amide bonds. The van der Waals surface area contributed by atoms with Crippen molar-refractivity contribution in [3.8, 4) is 0 Å². The van der Waals surface area contributed by atoms with Gasteiger partial charge in [-0.1, -0.05) is 5.18 Å². The molecule has 1 heterocycles. The van der Waals surface area contributed by atoms with E-state index in [1.165, 1.54) is 0 Å². The van der Waals surface area contributed by atoms with Gasteiger partial charge in [-0.2, -0.15) is 0 Å². The molecule has 8 heavy (non-hydrogen) atoms. The maximum atomic E-state index is 9.81. The zero-order chi connectivity index (χ0) is 5.82. The van der Waals surface area contributed by atoms with E-state index in [-0.39, 0.29) is 5.37 Å². The fourth-order valence-electron chi connectivity index (χ4n) is 0.536. The first kappa shape index (κ1) is 6.04. The Hall–Kier alpha value is -0.0900. The number of nitrogens with zero attached hydrogens (tertiary/aromatic N) is 1. The SMILES string of the molecule is O=NC1COCCS1. The molecule has 0 aromatic rings. The molecule has 1 aliphatic heterocycles. The van der Waals surface area contributed by atoms with Gasteiger partial charge in [-0.3, -0.25) is 0 Å². The molecule has 1 saturated heterocycles. The van der Waals surface area contributed by atoms with Gasteiger partial charge in [-0.15, -0.1) is 16.7 Å². The Labute approximate surface area is 51.8 Å². The third kappa shape index (κ3) is 1.45. The summed E-state index contributed by atoms with van der Waals surface area (Å²) in [7, 11) is 0. The highest BCUT2D eigenvalue weighted by molar-refractivity contribution is 7.99. The van der Waals surface area contributed by atoms with Crippen LogP contribution in [0.25, 0.3) is 0 Å². The number of thioether (sulfide) groups is 1. The summed E-state index contributed by atoms with van der Waals surface area (Å²) in [6, 6.07) is 0. The molecule has 4 heteroatoms. The van der Waals surface area contributed by atoms with Crippen molar-refractivity contribution in [2.75, 3.05) is 19.0 Å². The van der Waals surface area contributed by atoms with Crippen LogP contribution in [0.2, 0.25) is 0 Å². The van der Waals surface area contributed by atoms with E-state index in [1.54, 1.807) is 11.8 Å². The first-order valence-corrected chi connectivity index (χ1v) is 3.50. The average Bonchev–Trinajstić information content (AvgIpc) is 1.90. The van der Waals surface area contributed by atoms with E-state index in [9.17, 15) is 4.91 Å². The van der Waals surface area contributed by atoms with Crippen LogP contribution in [-0.4, -0.2) is 24.3 Å². The molecule has 1 aliphatic rings. The van der Waals surface area contributed by atoms with Gasteiger partial charge in [0.25, 0.3) is 0 Å². The normalized spacial score (nSPS) is 29.8. The predicted molar refractivity (Wildman–Crippen MR) is 32.9 cm³/mol. The molecule has 0 spiro atoms. The van der Waals surface area contributed by atoms with Crippen molar-refractivity contribution in [1.29, 1.82) is 0 Å². The monoisotopic (exact) mass is 133 g/mol. The van der Waals surface area contributed by atoms with Gasteiger partial charge in [-0.05, 0) is 0 Å². The molecule has 0 N–H and O–H groups in total. The highest BCUT2D eigenvalue weighted by Crippen LogP contribution is 2.16. The van der Waals surface area contributed by atoms with Gasteiger partial charge in [0.2, 0.25) is 0 Å². The summed E-state index contributed by atoms with van der Waals surface area (Å²) in [5.41, 5.74) is 0. The van der Waals surface area contributed by atoms with Gasteiger partial charge in [-0.25, -0.2) is 0 Å². The van der Waals surface area contributed by atoms with Crippen molar-refractivity contribution in [2.45, 2.75) is 5.37 Å². The lowest BCUT2D eigenvalue weighted by atomic mass is 10.7. The molecule has 3 nitrogen and oxygen atoms in total. The second-order valence-electron chi connectivity index (χ2n) is 1.51. The van der Waals surface area contributed by atoms with Gasteiger partial charge < -0.3 is 4.74 Å². The van der Waals surface area contributed by atoms with Crippen LogP contribution in [0.3, 0.4) is 0 Å². The fraction of sp³-hybridized carbons (Fsp3) is 1.00. The standard InChI is InChI=1S/C4H7NO2S/c6-5-4-3-7-1-2-8-4/h4H,1-3H2. The summed E-state index contributed by atoms with van der Waals surface area (Å²) in [6.45, 7) is 1.25. The fourth-order valence-corrected chi connectivity index (χ4v) is 1.28. The van der Waals surface area contributed by atoms with Crippen LogP contribution in [0, 0.1) is 4.91 Å². The quantitative estimate of drug-likeness (QED) is 0.497. The average molecular weight is 133 g/mol. The Morgan fingerprint density at radius 1 is 1.75 bits per heavy atom. The smallest absolute Gasteiger partial charge is 0.160 e. The summed E-state index contributed by atoms with van der Waals surface area (Å²) in [6.07, 6.45) is 0. The summed E-state index contributed by atoms with van der Waals surface area (Å²) >= 11 is 1.56. The van der Waals surface area contributed by atoms with Crippen LogP contribution >= 0.6 is 11.8 Å². The lowest BCUT2D eigenvalue weighted by Gasteiger charge is -2.14. The number of hydrogen-bond acceptors (Lipinski definition) is 4. The van der Waals surface area contributed by atoms with E-state index in [0.29, 0.717) is 6.61 Å². The first-order chi connectivity index (χ1) is 3.93. The van der Waals surface area contributed by atoms with Crippen molar-refractivity contribution in [3.63, 3.8) is 0 Å². The highest BCUT2D eigenvalue weighted by atomic mass is 32.2. The lowest BCUT2D eigenvalue weighted by Crippen LogP contribution is -2.17. The molecule has 1 unspecified atom stereocenters. The Morgan fingerprint density at radius 2 is 2.62 bits per heavy atom. The maximum Gasteiger partial charge on any atom is 0.160 e. The van der Waals surface area contributed by atoms with Crippen LogP contribution < -0.4 is 0 Å². The Morgan fingerprint density at radius 3 is 3.00 bits per heavy atom. The topological polar surface area (TPSA) is 38.7 Å². The van der Waals surface area contributed by atoms with Gasteiger partial charge in [0.05, 0.1) is 13.2 Å². The molecule has 0 radical (unpaired) electrons. The minimum atomic E-state index is -0.149. The number of ether oxygens (including phenoxy) is 1. The van der Waals surface area contributed by atoms with E-state index >= 15 is 0 Å². The van der Waals surface area contributed by atoms with Gasteiger partial charge >= 0.3 is 0 Å². The molecular weight excluding hydrogens is 126 g/mol. The van der Waals surface area contributed by atoms with E-state index < -0.39 is 0 Å². The molecule has 1 rings (SSSR count). The van der Waals surface area contributed by atoms with E-state index in [4.69, 9.17) is 4.74 Å². The molecular formula is C4H7NO2S. The van der Waals surface area contributed by atoms with Crippen LogP contribution in [-0.2, 0) is 4.74 Å². The summed E-state index contributed by atoms with van der Waals surface area (Å²) in [5, 5.41) is 2.69. The zero-order valence-corrected chi connectivity index (χ0v) is 5.19. The molecule has 0 aliphatic carbocycles. The summed E-state index contributed by atoms with van der Waals surface area (Å²) in [4.78, 5) is 9.81. The Balaban J connectivity index is 2.22. The predicted octanol–water partition coefficient (Wildman–Crippen LogP) is 0.842. The van der Waals surface area contributed by atoms with E-state index in [0.717, 1.165) is 12.4 Å². The maximum absolute atomic E-state index is 9.81. The summed E-state index contributed by atoms with van der Waals surface area (Å²) < 4.78 is 4.96. The highest BCUT2D eigenvalue weighted by Gasteiger charge is 2.12. The number of hydrogen-bond donors (Lipinski definition) is 0. The van der Waals surface area contributed by atoms with Gasteiger partial charge in [0.15, 0.2) is 5.37 Å². The lowest BCUT2D eigenvalue weighted by molar-refractivity contribution is 0.144. The van der Waals surface area contributed by atoms with E-state index in [1.807, 2.05) is 0 Å². The molecule has 0 aromatic carbocycles. The van der Waals surface area contributed by atoms with Crippen LogP contribution in [0.5, 0.6) is 0 Å². The van der Waals surface area contributed by atoms with Crippen molar-refractivity contribution >= 4 is 11.8 Å². The van der Waals surface area contributed by atoms with Crippen LogP contribution in [0.15, 0.2) is 5.18 Å². The molecule has 0 aromatic heterocycles. The Kier molecular flexibility index (Phi) is 2.29. The number of rotatable bonds is 1. The van der Waals surface area contributed by atoms with Gasteiger partial charge in [0, 0.05) is 5.75 Å². The van der Waals surface area contributed by atoms with E-state index in [2.05, 4.69) is 5.18 Å².